The Kier molecular flexibility index (Phi) is 6.04. The van der Waals surface area contributed by atoms with Gasteiger partial charge in [-0.1, -0.05) is 6.92 Å². The summed E-state index contributed by atoms with van der Waals surface area (Å²) in [7, 11) is 0. The lowest BCUT2D eigenvalue weighted by Gasteiger charge is -2.36. The Morgan fingerprint density at radius 3 is 2.43 bits per heavy atom. The number of nitrogens with one attached hydrogen (secondary N) is 1. The summed E-state index contributed by atoms with van der Waals surface area (Å²) < 4.78 is 42.0. The van der Waals surface area contributed by atoms with Crippen molar-refractivity contribution in [3.63, 3.8) is 0 Å². The monoisotopic (exact) mass is 310 g/mol. The number of ether oxygens (including phenoxy) is 1. The molecule has 1 N–H and O–H groups in total. The van der Waals surface area contributed by atoms with Gasteiger partial charge in [0.1, 0.15) is 5.60 Å². The van der Waals surface area contributed by atoms with Gasteiger partial charge in [-0.25, -0.2) is 0 Å². The molecule has 0 bridgehead atoms. The number of likely N-dealkylation sites (tertiary alicyclic amines) is 1. The summed E-state index contributed by atoms with van der Waals surface area (Å²) in [5.41, 5.74) is -0.549. The van der Waals surface area contributed by atoms with Gasteiger partial charge in [-0.15, -0.1) is 0 Å². The molecule has 0 aromatic rings. The molecule has 2 unspecified atom stereocenters. The lowest BCUT2D eigenvalue weighted by atomic mass is 9.96. The van der Waals surface area contributed by atoms with Crippen LogP contribution >= 0.6 is 0 Å². The van der Waals surface area contributed by atoms with E-state index in [-0.39, 0.29) is 24.5 Å². The van der Waals surface area contributed by atoms with Crippen molar-refractivity contribution in [2.75, 3.05) is 26.2 Å². The molecule has 1 aliphatic rings. The van der Waals surface area contributed by atoms with Gasteiger partial charge in [0.25, 0.3) is 0 Å². The molecule has 0 aromatic carbocycles. The largest absolute Gasteiger partial charge is 0.459 e. The van der Waals surface area contributed by atoms with E-state index in [1.165, 1.54) is 0 Å². The molecule has 0 aliphatic carbocycles. The molecule has 7 heteroatoms. The Hall–Kier alpha value is -0.820. The van der Waals surface area contributed by atoms with E-state index >= 15 is 0 Å². The standard InChI is InChI=1S/C14H25F3N2O2/c1-10-5-11(18-9-14(15,16)17)7-19(6-10)8-12(20)21-13(2,3)4/h10-11,18H,5-9H2,1-4H3. The molecule has 21 heavy (non-hydrogen) atoms. The van der Waals surface area contributed by atoms with Crippen LogP contribution in [0.4, 0.5) is 13.2 Å². The molecule has 0 aromatic heterocycles. The van der Waals surface area contributed by atoms with Crippen molar-refractivity contribution in [2.45, 2.75) is 51.9 Å². The van der Waals surface area contributed by atoms with Crippen LogP contribution in [-0.2, 0) is 9.53 Å². The molecule has 0 saturated carbocycles. The Bertz CT molecular complexity index is 353. The minimum Gasteiger partial charge on any atom is -0.459 e. The van der Waals surface area contributed by atoms with Gasteiger partial charge in [-0.3, -0.25) is 9.69 Å². The van der Waals surface area contributed by atoms with Crippen LogP contribution in [-0.4, -0.2) is 54.9 Å². The number of carbonyl (C=O) groups excluding carboxylic acids is 1. The molecule has 1 saturated heterocycles. The predicted octanol–water partition coefficient (Wildman–Crippen LogP) is 2.19. The summed E-state index contributed by atoms with van der Waals surface area (Å²) in [6, 6.07) is -0.252. The predicted molar refractivity (Wildman–Crippen MR) is 73.9 cm³/mol. The van der Waals surface area contributed by atoms with Crippen molar-refractivity contribution in [3.05, 3.63) is 0 Å². The fraction of sp³-hybridized carbons (Fsp3) is 0.929. The number of rotatable bonds is 4. The van der Waals surface area contributed by atoms with Crippen molar-refractivity contribution in [2.24, 2.45) is 5.92 Å². The quantitative estimate of drug-likeness (QED) is 0.808. The minimum absolute atomic E-state index is 0.117. The van der Waals surface area contributed by atoms with E-state index in [9.17, 15) is 18.0 Å². The molecule has 2 atom stereocenters. The maximum Gasteiger partial charge on any atom is 0.401 e. The summed E-state index contributed by atoms with van der Waals surface area (Å²) >= 11 is 0. The van der Waals surface area contributed by atoms with Crippen molar-refractivity contribution in [1.82, 2.24) is 10.2 Å². The van der Waals surface area contributed by atoms with Gasteiger partial charge in [0.15, 0.2) is 0 Å². The highest BCUT2D eigenvalue weighted by atomic mass is 19.4. The molecular weight excluding hydrogens is 285 g/mol. The summed E-state index contributed by atoms with van der Waals surface area (Å²) in [5.74, 6) is -0.0990. The first-order valence-corrected chi connectivity index (χ1v) is 7.19. The van der Waals surface area contributed by atoms with Crippen molar-refractivity contribution < 1.29 is 22.7 Å². The van der Waals surface area contributed by atoms with Gasteiger partial charge in [0, 0.05) is 19.1 Å². The van der Waals surface area contributed by atoms with Crippen LogP contribution in [0.2, 0.25) is 0 Å². The van der Waals surface area contributed by atoms with Crippen molar-refractivity contribution in [3.8, 4) is 0 Å². The van der Waals surface area contributed by atoms with Crippen LogP contribution in [0.1, 0.15) is 34.1 Å². The third-order valence-corrected chi connectivity index (χ3v) is 3.10. The van der Waals surface area contributed by atoms with Crippen LogP contribution in [0.5, 0.6) is 0 Å². The number of halogens is 3. The minimum atomic E-state index is -4.21. The first-order chi connectivity index (χ1) is 9.44. The van der Waals surface area contributed by atoms with Crippen molar-refractivity contribution >= 4 is 5.97 Å². The maximum atomic E-state index is 12.3. The third-order valence-electron chi connectivity index (χ3n) is 3.10. The zero-order chi connectivity index (χ0) is 16.3. The van der Waals surface area contributed by atoms with Crippen LogP contribution in [0, 0.1) is 5.92 Å². The zero-order valence-electron chi connectivity index (χ0n) is 13.1. The number of nitrogens with zero attached hydrogens (tertiary/aromatic N) is 1. The van der Waals surface area contributed by atoms with E-state index in [0.29, 0.717) is 19.5 Å². The van der Waals surface area contributed by atoms with E-state index in [2.05, 4.69) is 5.32 Å². The second kappa shape index (κ2) is 6.96. The highest BCUT2D eigenvalue weighted by Gasteiger charge is 2.32. The normalized spacial score (nSPS) is 24.9. The summed E-state index contributed by atoms with van der Waals surface area (Å²) in [5, 5.41) is 2.52. The average Bonchev–Trinajstić information content (AvgIpc) is 2.21. The molecule has 124 valence electrons. The van der Waals surface area contributed by atoms with Gasteiger partial charge in [-0.2, -0.15) is 13.2 Å². The van der Waals surface area contributed by atoms with Crippen molar-refractivity contribution in [1.29, 1.82) is 0 Å². The SMILES string of the molecule is CC1CC(NCC(F)(F)F)CN(CC(=O)OC(C)(C)C)C1. The summed E-state index contributed by atoms with van der Waals surface area (Å²) in [6.45, 7) is 7.59. The fourth-order valence-corrected chi connectivity index (χ4v) is 2.56. The first-order valence-electron chi connectivity index (χ1n) is 7.19. The molecule has 0 radical (unpaired) electrons. The van der Waals surface area contributed by atoms with E-state index in [0.717, 1.165) is 0 Å². The Labute approximate surface area is 124 Å². The molecular formula is C14H25F3N2O2. The number of carbonyl (C=O) groups is 1. The van der Waals surface area contributed by atoms with Gasteiger partial charge < -0.3 is 10.1 Å². The number of piperidine rings is 1. The number of hydrogen-bond acceptors (Lipinski definition) is 4. The number of hydrogen-bond donors (Lipinski definition) is 1. The smallest absolute Gasteiger partial charge is 0.401 e. The van der Waals surface area contributed by atoms with Crippen LogP contribution < -0.4 is 5.32 Å². The lowest BCUT2D eigenvalue weighted by molar-refractivity contribution is -0.157. The maximum absolute atomic E-state index is 12.3. The zero-order valence-corrected chi connectivity index (χ0v) is 13.1. The van der Waals surface area contributed by atoms with Gasteiger partial charge in [0.2, 0.25) is 0 Å². The summed E-state index contributed by atoms with van der Waals surface area (Å²) in [6.07, 6.45) is -3.53. The van der Waals surface area contributed by atoms with Gasteiger partial charge in [-0.05, 0) is 33.1 Å². The van der Waals surface area contributed by atoms with E-state index in [4.69, 9.17) is 4.74 Å². The molecule has 1 fully saturated rings. The molecule has 4 nitrogen and oxygen atoms in total. The van der Waals surface area contributed by atoms with Crippen LogP contribution in [0.15, 0.2) is 0 Å². The number of alkyl halides is 3. The van der Waals surface area contributed by atoms with Gasteiger partial charge >= 0.3 is 12.1 Å². The average molecular weight is 310 g/mol. The van der Waals surface area contributed by atoms with Crippen LogP contribution in [0.3, 0.4) is 0 Å². The van der Waals surface area contributed by atoms with E-state index < -0.39 is 18.3 Å². The van der Waals surface area contributed by atoms with E-state index in [1.54, 1.807) is 20.8 Å². The first kappa shape index (κ1) is 18.2. The highest BCUT2D eigenvalue weighted by Crippen LogP contribution is 2.19. The Balaban J connectivity index is 2.46. The third kappa shape index (κ3) is 8.26. The topological polar surface area (TPSA) is 41.6 Å². The molecule has 0 spiro atoms. The lowest BCUT2D eigenvalue weighted by Crippen LogP contribution is -2.52. The fourth-order valence-electron chi connectivity index (χ4n) is 2.56. The van der Waals surface area contributed by atoms with Crippen LogP contribution in [0.25, 0.3) is 0 Å². The Morgan fingerprint density at radius 2 is 1.90 bits per heavy atom. The van der Waals surface area contributed by atoms with E-state index in [1.807, 2.05) is 11.8 Å². The second-order valence-corrected chi connectivity index (χ2v) is 6.81. The molecule has 1 heterocycles. The molecule has 0 amide bonds. The second-order valence-electron chi connectivity index (χ2n) is 6.81. The highest BCUT2D eigenvalue weighted by molar-refractivity contribution is 5.72. The number of esters is 1. The molecule has 1 aliphatic heterocycles. The summed E-state index contributed by atoms with van der Waals surface area (Å²) in [4.78, 5) is 13.7. The van der Waals surface area contributed by atoms with Gasteiger partial charge in [0.05, 0.1) is 13.1 Å². The molecule has 1 rings (SSSR count). The Morgan fingerprint density at radius 1 is 1.29 bits per heavy atom.